The van der Waals surface area contributed by atoms with E-state index in [1.54, 1.807) is 0 Å². The fourth-order valence-corrected chi connectivity index (χ4v) is 3.94. The Bertz CT molecular complexity index is 296. The smallest absolute Gasteiger partial charge is 0.190 e. The summed E-state index contributed by atoms with van der Waals surface area (Å²) in [5.41, 5.74) is 6.11. The zero-order valence-corrected chi connectivity index (χ0v) is 12.2. The van der Waals surface area contributed by atoms with E-state index in [-0.39, 0.29) is 5.54 Å². The summed E-state index contributed by atoms with van der Waals surface area (Å²) in [4.78, 5) is 9.01. The number of nitrogens with zero attached hydrogens (tertiary/aromatic N) is 3. The second-order valence-corrected chi connectivity index (χ2v) is 6.30. The van der Waals surface area contributed by atoms with Crippen molar-refractivity contribution in [2.24, 2.45) is 10.7 Å². The van der Waals surface area contributed by atoms with Gasteiger partial charge in [-0.15, -0.1) is 0 Å². The number of nitrogens with two attached hydrogens (primary N) is 1. The van der Waals surface area contributed by atoms with E-state index in [0.29, 0.717) is 5.96 Å². The first kappa shape index (κ1) is 14.0. The van der Waals surface area contributed by atoms with Crippen LogP contribution in [-0.4, -0.2) is 79.7 Å². The standard InChI is InChI=1S/C12H24N4OS/c1-15(2)11(13)14-9-12(3-8-18-10-12)16-4-6-17-7-5-16/h3-10H2,1-2H3,(H2,13,14). The monoisotopic (exact) mass is 272 g/mol. The molecule has 5 nitrogen and oxygen atoms in total. The van der Waals surface area contributed by atoms with Gasteiger partial charge < -0.3 is 15.4 Å². The number of rotatable bonds is 3. The Morgan fingerprint density at radius 2 is 2.17 bits per heavy atom. The molecule has 0 spiro atoms. The topological polar surface area (TPSA) is 54.1 Å². The quantitative estimate of drug-likeness (QED) is 0.582. The molecule has 0 amide bonds. The highest BCUT2D eigenvalue weighted by atomic mass is 32.2. The maximum Gasteiger partial charge on any atom is 0.190 e. The summed E-state index contributed by atoms with van der Waals surface area (Å²) in [6, 6.07) is 0. The van der Waals surface area contributed by atoms with Crippen molar-refractivity contribution >= 4 is 17.7 Å². The van der Waals surface area contributed by atoms with Gasteiger partial charge in [-0.2, -0.15) is 11.8 Å². The average Bonchev–Trinajstić information content (AvgIpc) is 2.87. The van der Waals surface area contributed by atoms with E-state index >= 15 is 0 Å². The van der Waals surface area contributed by atoms with Gasteiger partial charge in [-0.25, -0.2) is 0 Å². The molecule has 2 N–H and O–H groups in total. The third-order valence-electron chi connectivity index (χ3n) is 3.76. The van der Waals surface area contributed by atoms with Crippen LogP contribution in [0.15, 0.2) is 4.99 Å². The number of ether oxygens (including phenoxy) is 1. The highest BCUT2D eigenvalue weighted by Crippen LogP contribution is 2.34. The van der Waals surface area contributed by atoms with Crippen molar-refractivity contribution in [3.8, 4) is 0 Å². The lowest BCUT2D eigenvalue weighted by Crippen LogP contribution is -2.56. The van der Waals surface area contributed by atoms with Crippen LogP contribution < -0.4 is 5.73 Å². The third kappa shape index (κ3) is 3.10. The number of morpholine rings is 1. The zero-order valence-electron chi connectivity index (χ0n) is 11.4. The Kier molecular flexibility index (Phi) is 4.75. The molecule has 1 atom stereocenters. The second-order valence-electron chi connectivity index (χ2n) is 5.20. The van der Waals surface area contributed by atoms with Crippen molar-refractivity contribution in [2.75, 3.05) is 58.4 Å². The summed E-state index contributed by atoms with van der Waals surface area (Å²) in [7, 11) is 3.87. The molecular formula is C12H24N4OS. The molecule has 18 heavy (non-hydrogen) atoms. The zero-order chi connectivity index (χ0) is 13.0. The van der Waals surface area contributed by atoms with Crippen molar-refractivity contribution in [3.05, 3.63) is 0 Å². The molecular weight excluding hydrogens is 248 g/mol. The Labute approximate surface area is 114 Å². The lowest BCUT2D eigenvalue weighted by molar-refractivity contribution is -0.0104. The van der Waals surface area contributed by atoms with E-state index in [2.05, 4.69) is 9.89 Å². The maximum absolute atomic E-state index is 5.91. The van der Waals surface area contributed by atoms with Gasteiger partial charge >= 0.3 is 0 Å². The predicted octanol–water partition coefficient (Wildman–Crippen LogP) is 0.0706. The van der Waals surface area contributed by atoms with E-state index in [0.717, 1.165) is 38.6 Å². The summed E-state index contributed by atoms with van der Waals surface area (Å²) >= 11 is 2.03. The molecule has 2 heterocycles. The molecule has 0 aromatic carbocycles. The Balaban J connectivity index is 2.04. The van der Waals surface area contributed by atoms with Crippen LogP contribution in [0.5, 0.6) is 0 Å². The molecule has 2 saturated heterocycles. The molecule has 104 valence electrons. The second kappa shape index (κ2) is 6.12. The minimum atomic E-state index is 0.203. The Morgan fingerprint density at radius 3 is 2.72 bits per heavy atom. The maximum atomic E-state index is 5.91. The van der Waals surface area contributed by atoms with Crippen LogP contribution in [-0.2, 0) is 4.74 Å². The van der Waals surface area contributed by atoms with Gasteiger partial charge in [0.05, 0.1) is 25.3 Å². The first-order valence-electron chi connectivity index (χ1n) is 6.52. The largest absolute Gasteiger partial charge is 0.379 e. The van der Waals surface area contributed by atoms with Crippen LogP contribution in [0.25, 0.3) is 0 Å². The van der Waals surface area contributed by atoms with Crippen molar-refractivity contribution in [1.29, 1.82) is 0 Å². The molecule has 0 bridgehead atoms. The van der Waals surface area contributed by atoms with E-state index in [1.807, 2.05) is 30.8 Å². The van der Waals surface area contributed by atoms with Gasteiger partial charge in [0.25, 0.3) is 0 Å². The van der Waals surface area contributed by atoms with Crippen molar-refractivity contribution in [3.63, 3.8) is 0 Å². The van der Waals surface area contributed by atoms with Gasteiger partial charge in [0.15, 0.2) is 5.96 Å². The first-order valence-corrected chi connectivity index (χ1v) is 7.67. The van der Waals surface area contributed by atoms with Gasteiger partial charge in [0, 0.05) is 32.9 Å². The lowest BCUT2D eigenvalue weighted by atomic mass is 9.96. The van der Waals surface area contributed by atoms with Crippen LogP contribution in [0.4, 0.5) is 0 Å². The van der Waals surface area contributed by atoms with Gasteiger partial charge in [-0.05, 0) is 12.2 Å². The molecule has 0 saturated carbocycles. The van der Waals surface area contributed by atoms with Crippen LogP contribution >= 0.6 is 11.8 Å². The van der Waals surface area contributed by atoms with E-state index in [1.165, 1.54) is 12.2 Å². The molecule has 2 aliphatic heterocycles. The van der Waals surface area contributed by atoms with Gasteiger partial charge in [-0.3, -0.25) is 9.89 Å². The number of hydrogen-bond donors (Lipinski definition) is 1. The Morgan fingerprint density at radius 1 is 1.44 bits per heavy atom. The fourth-order valence-electron chi connectivity index (χ4n) is 2.48. The summed E-state index contributed by atoms with van der Waals surface area (Å²) in [6.07, 6.45) is 1.21. The molecule has 2 fully saturated rings. The molecule has 0 aromatic heterocycles. The third-order valence-corrected chi connectivity index (χ3v) is 4.99. The molecule has 0 radical (unpaired) electrons. The van der Waals surface area contributed by atoms with Crippen LogP contribution in [0.1, 0.15) is 6.42 Å². The number of aliphatic imine (C=N–C) groups is 1. The number of guanidine groups is 1. The SMILES string of the molecule is CN(C)C(N)=NCC1(N2CCOCC2)CCSC1. The van der Waals surface area contributed by atoms with Crippen molar-refractivity contribution in [1.82, 2.24) is 9.80 Å². The number of thioether (sulfide) groups is 1. The highest BCUT2D eigenvalue weighted by Gasteiger charge is 2.40. The molecule has 1 unspecified atom stereocenters. The Hall–Kier alpha value is -0.460. The summed E-state index contributed by atoms with van der Waals surface area (Å²) < 4.78 is 5.45. The highest BCUT2D eigenvalue weighted by molar-refractivity contribution is 7.99. The van der Waals surface area contributed by atoms with Gasteiger partial charge in [-0.1, -0.05) is 0 Å². The minimum absolute atomic E-state index is 0.203. The normalized spacial score (nSPS) is 30.7. The van der Waals surface area contributed by atoms with E-state index in [4.69, 9.17) is 10.5 Å². The average molecular weight is 272 g/mol. The van der Waals surface area contributed by atoms with E-state index in [9.17, 15) is 0 Å². The van der Waals surface area contributed by atoms with Gasteiger partial charge in [0.2, 0.25) is 0 Å². The fraction of sp³-hybridized carbons (Fsp3) is 0.917. The number of hydrogen-bond acceptors (Lipinski definition) is 4. The summed E-state index contributed by atoms with van der Waals surface area (Å²) in [5.74, 6) is 3.02. The lowest BCUT2D eigenvalue weighted by Gasteiger charge is -2.42. The van der Waals surface area contributed by atoms with Crippen molar-refractivity contribution in [2.45, 2.75) is 12.0 Å². The molecule has 6 heteroatoms. The first-order chi connectivity index (χ1) is 8.64. The van der Waals surface area contributed by atoms with Crippen molar-refractivity contribution < 1.29 is 4.74 Å². The molecule has 0 aliphatic carbocycles. The summed E-state index contributed by atoms with van der Waals surface area (Å²) in [5, 5.41) is 0. The molecule has 2 rings (SSSR count). The van der Waals surface area contributed by atoms with Crippen LogP contribution in [0.2, 0.25) is 0 Å². The summed E-state index contributed by atoms with van der Waals surface area (Å²) in [6.45, 7) is 4.55. The van der Waals surface area contributed by atoms with Crippen LogP contribution in [0.3, 0.4) is 0 Å². The van der Waals surface area contributed by atoms with Gasteiger partial charge in [0.1, 0.15) is 0 Å². The van der Waals surface area contributed by atoms with Crippen LogP contribution in [0, 0.1) is 0 Å². The molecule has 2 aliphatic rings. The minimum Gasteiger partial charge on any atom is -0.379 e. The predicted molar refractivity (Wildman–Crippen MR) is 77.2 cm³/mol. The van der Waals surface area contributed by atoms with E-state index < -0.39 is 0 Å². The molecule has 0 aromatic rings.